The predicted octanol–water partition coefficient (Wildman–Crippen LogP) is 1.93. The van der Waals surface area contributed by atoms with E-state index in [0.717, 1.165) is 10.9 Å². The van der Waals surface area contributed by atoms with Crippen LogP contribution in [0.25, 0.3) is 10.9 Å². The van der Waals surface area contributed by atoms with E-state index in [-0.39, 0.29) is 5.91 Å². The van der Waals surface area contributed by atoms with Crippen molar-refractivity contribution in [1.82, 2.24) is 9.88 Å². The van der Waals surface area contributed by atoms with E-state index in [0.29, 0.717) is 12.1 Å². The molecule has 0 aliphatic rings. The summed E-state index contributed by atoms with van der Waals surface area (Å²) in [6.07, 6.45) is 1.99. The molecule has 0 aliphatic heterocycles. The van der Waals surface area contributed by atoms with Crippen molar-refractivity contribution in [3.05, 3.63) is 36.0 Å². The molecule has 0 aliphatic carbocycles. The van der Waals surface area contributed by atoms with Crippen LogP contribution in [-0.4, -0.2) is 17.0 Å². The Morgan fingerprint density at radius 3 is 2.93 bits per heavy atom. The Morgan fingerprint density at radius 2 is 2.20 bits per heavy atom. The summed E-state index contributed by atoms with van der Waals surface area (Å²) < 4.78 is 2.01. The molecule has 1 heterocycles. The second-order valence-electron chi connectivity index (χ2n) is 3.56. The van der Waals surface area contributed by atoms with Crippen LogP contribution in [0.4, 0.5) is 0 Å². The molecular weight excluding hydrogens is 188 g/mol. The van der Waals surface area contributed by atoms with Crippen molar-refractivity contribution in [1.29, 1.82) is 0 Å². The van der Waals surface area contributed by atoms with Gasteiger partial charge >= 0.3 is 0 Å². The molecule has 0 bridgehead atoms. The van der Waals surface area contributed by atoms with Gasteiger partial charge in [0.1, 0.15) is 0 Å². The SMILES string of the molecule is CCNC(=O)c1ccc2ccn(C)c2c1. The molecular formula is C12H14N2O. The highest BCUT2D eigenvalue weighted by atomic mass is 16.1. The molecule has 3 heteroatoms. The van der Waals surface area contributed by atoms with E-state index in [4.69, 9.17) is 0 Å². The summed E-state index contributed by atoms with van der Waals surface area (Å²) in [7, 11) is 1.98. The van der Waals surface area contributed by atoms with Gasteiger partial charge in [0.2, 0.25) is 0 Å². The number of hydrogen-bond donors (Lipinski definition) is 1. The topological polar surface area (TPSA) is 34.0 Å². The van der Waals surface area contributed by atoms with Gasteiger partial charge in [-0.15, -0.1) is 0 Å². The summed E-state index contributed by atoms with van der Waals surface area (Å²) in [5, 5.41) is 3.95. The molecule has 0 atom stereocenters. The van der Waals surface area contributed by atoms with E-state index >= 15 is 0 Å². The molecule has 15 heavy (non-hydrogen) atoms. The minimum atomic E-state index is -0.0133. The van der Waals surface area contributed by atoms with Crippen LogP contribution in [0, 0.1) is 0 Å². The highest BCUT2D eigenvalue weighted by Crippen LogP contribution is 2.16. The number of amides is 1. The molecule has 1 aromatic carbocycles. The van der Waals surface area contributed by atoms with E-state index in [1.807, 2.05) is 49.0 Å². The van der Waals surface area contributed by atoms with Crippen LogP contribution in [0.5, 0.6) is 0 Å². The fraction of sp³-hybridized carbons (Fsp3) is 0.250. The highest BCUT2D eigenvalue weighted by molar-refractivity contribution is 5.97. The Kier molecular flexibility index (Phi) is 2.46. The number of fused-ring (bicyclic) bond motifs is 1. The average molecular weight is 202 g/mol. The van der Waals surface area contributed by atoms with Crippen LogP contribution in [0.2, 0.25) is 0 Å². The molecule has 0 radical (unpaired) electrons. The first-order valence-corrected chi connectivity index (χ1v) is 5.05. The van der Waals surface area contributed by atoms with E-state index in [1.165, 1.54) is 0 Å². The molecule has 0 fully saturated rings. The summed E-state index contributed by atoms with van der Waals surface area (Å²) in [5.74, 6) is -0.0133. The fourth-order valence-corrected chi connectivity index (χ4v) is 1.67. The first-order chi connectivity index (χ1) is 7.22. The molecule has 1 aromatic heterocycles. The molecule has 1 N–H and O–H groups in total. The zero-order valence-electron chi connectivity index (χ0n) is 8.95. The van der Waals surface area contributed by atoms with Crippen molar-refractivity contribution in [3.63, 3.8) is 0 Å². The Labute approximate surface area is 88.7 Å². The average Bonchev–Trinajstić information content (AvgIpc) is 2.60. The second-order valence-corrected chi connectivity index (χ2v) is 3.56. The monoisotopic (exact) mass is 202 g/mol. The molecule has 78 valence electrons. The lowest BCUT2D eigenvalue weighted by atomic mass is 10.1. The molecule has 2 rings (SSSR count). The van der Waals surface area contributed by atoms with Crippen molar-refractivity contribution in [3.8, 4) is 0 Å². The van der Waals surface area contributed by atoms with Crippen molar-refractivity contribution in [2.45, 2.75) is 6.92 Å². The van der Waals surface area contributed by atoms with Gasteiger partial charge in [0.25, 0.3) is 5.91 Å². The molecule has 3 nitrogen and oxygen atoms in total. The van der Waals surface area contributed by atoms with Crippen molar-refractivity contribution in [2.24, 2.45) is 7.05 Å². The molecule has 0 saturated carbocycles. The summed E-state index contributed by atoms with van der Waals surface area (Å²) in [6, 6.07) is 7.78. The normalized spacial score (nSPS) is 10.5. The van der Waals surface area contributed by atoms with E-state index < -0.39 is 0 Å². The van der Waals surface area contributed by atoms with E-state index in [1.54, 1.807) is 0 Å². The maximum Gasteiger partial charge on any atom is 0.251 e. The number of aromatic nitrogens is 1. The Bertz CT molecular complexity index is 499. The lowest BCUT2D eigenvalue weighted by molar-refractivity contribution is 0.0956. The first kappa shape index (κ1) is 9.77. The zero-order valence-corrected chi connectivity index (χ0v) is 8.95. The molecule has 0 unspecified atom stereocenters. The third kappa shape index (κ3) is 1.73. The quantitative estimate of drug-likeness (QED) is 0.793. The lowest BCUT2D eigenvalue weighted by Gasteiger charge is -2.03. The summed E-state index contributed by atoms with van der Waals surface area (Å²) >= 11 is 0. The number of aryl methyl sites for hydroxylation is 1. The van der Waals surface area contributed by atoms with Crippen LogP contribution in [0.15, 0.2) is 30.5 Å². The molecule has 2 aromatic rings. The molecule has 0 spiro atoms. The number of nitrogens with zero attached hydrogens (tertiary/aromatic N) is 1. The summed E-state index contributed by atoms with van der Waals surface area (Å²) in [6.45, 7) is 2.57. The van der Waals surface area contributed by atoms with E-state index in [2.05, 4.69) is 5.32 Å². The summed E-state index contributed by atoms with van der Waals surface area (Å²) in [5.41, 5.74) is 1.80. The standard InChI is InChI=1S/C12H14N2O/c1-3-13-12(15)10-5-4-9-6-7-14(2)11(9)8-10/h4-8H,3H2,1-2H3,(H,13,15). The number of benzene rings is 1. The second kappa shape index (κ2) is 3.77. The van der Waals surface area contributed by atoms with Crippen LogP contribution in [0.1, 0.15) is 17.3 Å². The van der Waals surface area contributed by atoms with Gasteiger partial charge in [0, 0.05) is 30.9 Å². The number of nitrogens with one attached hydrogen (secondary N) is 1. The third-order valence-corrected chi connectivity index (χ3v) is 2.49. The Morgan fingerprint density at radius 1 is 1.40 bits per heavy atom. The minimum absolute atomic E-state index is 0.0133. The van der Waals surface area contributed by atoms with Crippen molar-refractivity contribution in [2.75, 3.05) is 6.54 Å². The van der Waals surface area contributed by atoms with Crippen LogP contribution < -0.4 is 5.32 Å². The van der Waals surface area contributed by atoms with Gasteiger partial charge in [-0.1, -0.05) is 6.07 Å². The maximum absolute atomic E-state index is 11.6. The predicted molar refractivity (Wildman–Crippen MR) is 60.9 cm³/mol. The van der Waals surface area contributed by atoms with Gasteiger partial charge in [-0.25, -0.2) is 0 Å². The largest absolute Gasteiger partial charge is 0.352 e. The number of carbonyl (C=O) groups excluding carboxylic acids is 1. The van der Waals surface area contributed by atoms with Gasteiger partial charge in [0.05, 0.1) is 0 Å². The maximum atomic E-state index is 11.6. The van der Waals surface area contributed by atoms with Gasteiger partial charge in [-0.3, -0.25) is 4.79 Å². The molecule has 1 amide bonds. The third-order valence-electron chi connectivity index (χ3n) is 2.49. The van der Waals surface area contributed by atoms with Gasteiger partial charge < -0.3 is 9.88 Å². The fourth-order valence-electron chi connectivity index (χ4n) is 1.67. The highest BCUT2D eigenvalue weighted by Gasteiger charge is 2.05. The van der Waals surface area contributed by atoms with Crippen LogP contribution >= 0.6 is 0 Å². The Hall–Kier alpha value is -1.77. The van der Waals surface area contributed by atoms with Crippen molar-refractivity contribution < 1.29 is 4.79 Å². The smallest absolute Gasteiger partial charge is 0.251 e. The van der Waals surface area contributed by atoms with Gasteiger partial charge in [0.15, 0.2) is 0 Å². The summed E-state index contributed by atoms with van der Waals surface area (Å²) in [4.78, 5) is 11.6. The van der Waals surface area contributed by atoms with Crippen molar-refractivity contribution >= 4 is 16.8 Å². The number of rotatable bonds is 2. The molecule has 0 saturated heterocycles. The van der Waals surface area contributed by atoms with Gasteiger partial charge in [-0.05, 0) is 30.5 Å². The number of carbonyl (C=O) groups is 1. The van der Waals surface area contributed by atoms with Gasteiger partial charge in [-0.2, -0.15) is 0 Å². The minimum Gasteiger partial charge on any atom is -0.352 e. The van der Waals surface area contributed by atoms with Crippen LogP contribution in [-0.2, 0) is 7.05 Å². The van der Waals surface area contributed by atoms with E-state index in [9.17, 15) is 4.79 Å². The Balaban J connectivity index is 2.45. The first-order valence-electron chi connectivity index (χ1n) is 5.05. The van der Waals surface area contributed by atoms with Crippen LogP contribution in [0.3, 0.4) is 0 Å². The lowest BCUT2D eigenvalue weighted by Crippen LogP contribution is -2.22. The zero-order chi connectivity index (χ0) is 10.8. The number of hydrogen-bond acceptors (Lipinski definition) is 1.